The molecule has 5 atom stereocenters. The Morgan fingerprint density at radius 3 is 1.23 bits per heavy atom. The van der Waals surface area contributed by atoms with E-state index in [9.17, 15) is 38.2 Å². The molecule has 0 radical (unpaired) electrons. The Bertz CT molecular complexity index is 1270. The van der Waals surface area contributed by atoms with E-state index in [0.717, 1.165) is 51.4 Å². The number of esters is 4. The van der Waals surface area contributed by atoms with Crippen molar-refractivity contribution >= 4 is 43.6 Å². The molecule has 0 saturated heterocycles. The van der Waals surface area contributed by atoms with E-state index in [-0.39, 0.29) is 12.8 Å². The van der Waals surface area contributed by atoms with Crippen molar-refractivity contribution in [3.8, 4) is 0 Å². The third-order valence-electron chi connectivity index (χ3n) is 9.63. The molecule has 0 aromatic rings. The van der Waals surface area contributed by atoms with Gasteiger partial charge in [0.05, 0.1) is 26.1 Å². The van der Waals surface area contributed by atoms with E-state index in [4.69, 9.17) is 49.7 Å². The Morgan fingerprint density at radius 2 is 0.820 bits per heavy atom. The molecule has 0 rings (SSSR count). The van der Waals surface area contributed by atoms with Crippen molar-refractivity contribution < 1.29 is 76.4 Å². The van der Waals surface area contributed by atoms with Gasteiger partial charge in [-0.15, -0.1) is 0 Å². The Balaban J connectivity index is 5.27. The van der Waals surface area contributed by atoms with Crippen LogP contribution in [-0.4, -0.2) is 102 Å². The number of hydrogen-bond donors (Lipinski definition) is 5. The van der Waals surface area contributed by atoms with Gasteiger partial charge in [0.1, 0.15) is 25.3 Å². The van der Waals surface area contributed by atoms with E-state index in [1.165, 1.54) is 77.0 Å². The summed E-state index contributed by atoms with van der Waals surface area (Å²) >= 11 is 0. The number of carbonyl (C=O) groups excluding carboxylic acids is 4. The summed E-state index contributed by atoms with van der Waals surface area (Å²) in [6, 6.07) is -3.26. The summed E-state index contributed by atoms with van der Waals surface area (Å²) in [5.41, 5.74) is 11.0. The predicted octanol–water partition coefficient (Wildman–Crippen LogP) is 7.04. The van der Waals surface area contributed by atoms with Gasteiger partial charge in [0, 0.05) is 12.8 Å². The maximum absolute atomic E-state index is 12.9. The van der Waals surface area contributed by atoms with Crippen LogP contribution in [0.4, 0.5) is 0 Å². The number of ether oxygens (including phenoxy) is 4. The first kappa shape index (κ1) is 57.9. The molecule has 0 heterocycles. The molecule has 0 aliphatic carbocycles. The lowest BCUT2D eigenvalue weighted by atomic mass is 10.1. The Kier molecular flexibility index (Phi) is 35.5. The van der Waals surface area contributed by atoms with Gasteiger partial charge < -0.3 is 45.5 Å². The normalized spacial score (nSPS) is 14.2. The quantitative estimate of drug-likeness (QED) is 0.0178. The van der Waals surface area contributed by atoms with Crippen LogP contribution in [0, 0.1) is 0 Å². The number of aliphatic carboxylic acids is 2. The standard InChI is InChI=1S/C42H77N2O16P/c1-3-5-7-9-11-13-15-17-19-21-23-25-39(49)55-29-33(59-40(50)26-24-22-20-18-16-14-12-10-8-6-4-2)31-57-61(53,54)58-32-34(60-42(52)36(44)28-38(47)48)30-56-41(51)35(43)27-37(45)46/h33-36H,3-32,43-44H2,1-2H3,(H,45,46)(H,47,48)(H,53,54)/t33-,34?,35+,36+/m1/s1. The van der Waals surface area contributed by atoms with Crippen LogP contribution in [0.3, 0.4) is 0 Å². The number of hydrogen-bond acceptors (Lipinski definition) is 15. The first-order valence-electron chi connectivity index (χ1n) is 22.4. The lowest BCUT2D eigenvalue weighted by Gasteiger charge is -2.23. The minimum atomic E-state index is -5.05. The number of carbonyl (C=O) groups is 6. The fraction of sp³-hybridized carbons (Fsp3) is 0.857. The fourth-order valence-electron chi connectivity index (χ4n) is 6.07. The molecule has 0 fully saturated rings. The molecule has 0 spiro atoms. The first-order chi connectivity index (χ1) is 29.1. The van der Waals surface area contributed by atoms with E-state index in [0.29, 0.717) is 12.8 Å². The molecule has 0 bridgehead atoms. The van der Waals surface area contributed by atoms with Crippen LogP contribution in [-0.2, 0) is 61.3 Å². The molecule has 0 aromatic carbocycles. The highest BCUT2D eigenvalue weighted by Gasteiger charge is 2.31. The van der Waals surface area contributed by atoms with Crippen LogP contribution in [0.2, 0.25) is 0 Å². The minimum Gasteiger partial charge on any atom is -0.481 e. The molecule has 0 aromatic heterocycles. The zero-order chi connectivity index (χ0) is 45.7. The monoisotopic (exact) mass is 897 g/mol. The zero-order valence-corrected chi connectivity index (χ0v) is 37.7. The summed E-state index contributed by atoms with van der Waals surface area (Å²) in [6.07, 6.45) is 19.8. The molecule has 0 aliphatic rings. The summed E-state index contributed by atoms with van der Waals surface area (Å²) in [6.45, 7) is 1.37. The predicted molar refractivity (Wildman–Crippen MR) is 226 cm³/mol. The van der Waals surface area contributed by atoms with Gasteiger partial charge >= 0.3 is 43.6 Å². The number of rotatable bonds is 42. The lowest BCUT2D eigenvalue weighted by Crippen LogP contribution is -2.41. The summed E-state index contributed by atoms with van der Waals surface area (Å²) in [5.74, 6) is -6.47. The van der Waals surface area contributed by atoms with Gasteiger partial charge in [-0.2, -0.15) is 0 Å². The molecular weight excluding hydrogens is 819 g/mol. The summed E-state index contributed by atoms with van der Waals surface area (Å²) in [5, 5.41) is 17.8. The Hall–Kier alpha value is -3.15. The summed E-state index contributed by atoms with van der Waals surface area (Å²) < 4.78 is 43.7. The van der Waals surface area contributed by atoms with Crippen LogP contribution in [0.1, 0.15) is 181 Å². The maximum Gasteiger partial charge on any atom is 0.472 e. The molecule has 0 saturated carbocycles. The van der Waals surface area contributed by atoms with Gasteiger partial charge in [-0.05, 0) is 12.8 Å². The third kappa shape index (κ3) is 36.1. The third-order valence-corrected chi connectivity index (χ3v) is 10.6. The lowest BCUT2D eigenvalue weighted by molar-refractivity contribution is -0.164. The zero-order valence-electron chi connectivity index (χ0n) is 36.8. The van der Waals surface area contributed by atoms with Gasteiger partial charge in [-0.3, -0.25) is 37.8 Å². The SMILES string of the molecule is CCCCCCCCCCCCCC(=O)OC[C@H](COP(=O)(O)OCC(COC(=O)[C@@H](N)CC(=O)O)OC(=O)[C@@H](N)CC(=O)O)OC(=O)CCCCCCCCCCCCC. The van der Waals surface area contributed by atoms with Gasteiger partial charge in [-0.1, -0.05) is 142 Å². The summed E-state index contributed by atoms with van der Waals surface area (Å²) in [4.78, 5) is 82.2. The number of phosphoric acid groups is 1. The van der Waals surface area contributed by atoms with E-state index < -0.39 is 107 Å². The van der Waals surface area contributed by atoms with Crippen LogP contribution in [0.15, 0.2) is 0 Å². The smallest absolute Gasteiger partial charge is 0.472 e. The highest BCUT2D eigenvalue weighted by molar-refractivity contribution is 7.47. The second-order valence-electron chi connectivity index (χ2n) is 15.5. The van der Waals surface area contributed by atoms with Crippen molar-refractivity contribution in [3.63, 3.8) is 0 Å². The Labute approximate surface area is 362 Å². The number of carboxylic acid groups (broad SMARTS) is 2. The van der Waals surface area contributed by atoms with Crippen molar-refractivity contribution in [3.05, 3.63) is 0 Å². The molecule has 356 valence electrons. The van der Waals surface area contributed by atoms with Crippen molar-refractivity contribution in [2.45, 2.75) is 205 Å². The van der Waals surface area contributed by atoms with Crippen molar-refractivity contribution in [1.29, 1.82) is 0 Å². The van der Waals surface area contributed by atoms with Crippen molar-refractivity contribution in [1.82, 2.24) is 0 Å². The number of unbranched alkanes of at least 4 members (excludes halogenated alkanes) is 20. The van der Waals surface area contributed by atoms with Gasteiger partial charge in [0.15, 0.2) is 12.2 Å². The molecule has 19 heteroatoms. The average molecular weight is 897 g/mol. The molecule has 0 amide bonds. The van der Waals surface area contributed by atoms with E-state index in [1.54, 1.807) is 0 Å². The largest absolute Gasteiger partial charge is 0.481 e. The molecular formula is C42H77N2O16P. The van der Waals surface area contributed by atoms with Gasteiger partial charge in [-0.25, -0.2) is 4.57 Å². The van der Waals surface area contributed by atoms with Crippen LogP contribution in [0.25, 0.3) is 0 Å². The molecule has 2 unspecified atom stereocenters. The second-order valence-corrected chi connectivity index (χ2v) is 17.0. The first-order valence-corrected chi connectivity index (χ1v) is 23.9. The second kappa shape index (κ2) is 37.4. The van der Waals surface area contributed by atoms with Crippen molar-refractivity contribution in [2.24, 2.45) is 11.5 Å². The van der Waals surface area contributed by atoms with E-state index >= 15 is 0 Å². The highest BCUT2D eigenvalue weighted by atomic mass is 31.2. The molecule has 7 N–H and O–H groups in total. The van der Waals surface area contributed by atoms with E-state index in [2.05, 4.69) is 13.8 Å². The number of carboxylic acids is 2. The number of nitrogens with two attached hydrogens (primary N) is 2. The number of phosphoric ester groups is 1. The molecule has 61 heavy (non-hydrogen) atoms. The van der Waals surface area contributed by atoms with Crippen LogP contribution < -0.4 is 11.5 Å². The maximum atomic E-state index is 12.9. The minimum absolute atomic E-state index is 0.0688. The van der Waals surface area contributed by atoms with Gasteiger partial charge in [0.2, 0.25) is 0 Å². The van der Waals surface area contributed by atoms with E-state index in [1.807, 2.05) is 0 Å². The topological polar surface area (TPSA) is 288 Å². The van der Waals surface area contributed by atoms with Gasteiger partial charge in [0.25, 0.3) is 0 Å². The van der Waals surface area contributed by atoms with Crippen LogP contribution in [0.5, 0.6) is 0 Å². The fourth-order valence-corrected chi connectivity index (χ4v) is 6.85. The summed E-state index contributed by atoms with van der Waals surface area (Å²) in [7, 11) is -5.05. The molecule has 0 aliphatic heterocycles. The Morgan fingerprint density at radius 1 is 0.475 bits per heavy atom. The molecule has 18 nitrogen and oxygen atoms in total. The average Bonchev–Trinajstić information content (AvgIpc) is 3.20. The van der Waals surface area contributed by atoms with Crippen molar-refractivity contribution in [2.75, 3.05) is 26.4 Å². The van der Waals surface area contributed by atoms with Crippen LogP contribution >= 0.6 is 7.82 Å². The highest BCUT2D eigenvalue weighted by Crippen LogP contribution is 2.43.